The molecule has 0 radical (unpaired) electrons. The van der Waals surface area contributed by atoms with Gasteiger partial charge in [0.15, 0.2) is 0 Å². The third-order valence-electron chi connectivity index (χ3n) is 3.94. The molecule has 0 aliphatic heterocycles. The van der Waals surface area contributed by atoms with Crippen LogP contribution in [0, 0.1) is 0 Å². The van der Waals surface area contributed by atoms with Gasteiger partial charge in [0.25, 0.3) is 15.9 Å². The lowest BCUT2D eigenvalue weighted by Gasteiger charge is -2.10. The van der Waals surface area contributed by atoms with E-state index in [0.29, 0.717) is 5.69 Å². The quantitative estimate of drug-likeness (QED) is 0.558. The summed E-state index contributed by atoms with van der Waals surface area (Å²) in [5, 5.41) is 10.6. The highest BCUT2D eigenvalue weighted by atomic mass is 32.2. The van der Waals surface area contributed by atoms with E-state index in [1.807, 2.05) is 19.2 Å². The van der Waals surface area contributed by atoms with Crippen molar-refractivity contribution in [2.75, 3.05) is 4.72 Å². The number of nitrogens with two attached hydrogens (primary N) is 1. The van der Waals surface area contributed by atoms with Crippen molar-refractivity contribution < 1.29 is 18.3 Å². The maximum Gasteiger partial charge on any atom is 0.261 e. The number of H-pyrrole nitrogens is 1. The summed E-state index contributed by atoms with van der Waals surface area (Å²) in [6.07, 6.45) is 2.76. The third kappa shape index (κ3) is 3.16. The molecule has 0 spiro atoms. The molecule has 0 aliphatic carbocycles. The monoisotopic (exact) mass is 359 g/mol. The molecule has 0 unspecified atom stereocenters. The number of rotatable bonds is 5. The van der Waals surface area contributed by atoms with Gasteiger partial charge < -0.3 is 15.8 Å². The molecule has 5 N–H and O–H groups in total. The Morgan fingerprint density at radius 1 is 1.24 bits per heavy atom. The molecule has 8 heteroatoms. The van der Waals surface area contributed by atoms with Crippen molar-refractivity contribution in [2.24, 2.45) is 5.73 Å². The van der Waals surface area contributed by atoms with Gasteiger partial charge in [0.1, 0.15) is 5.75 Å². The first-order valence-electron chi connectivity index (χ1n) is 7.57. The Bertz CT molecular complexity index is 1070. The van der Waals surface area contributed by atoms with Crippen LogP contribution in [0.1, 0.15) is 22.8 Å². The van der Waals surface area contributed by atoms with E-state index in [4.69, 9.17) is 5.73 Å². The lowest BCUT2D eigenvalue weighted by molar-refractivity contribution is 0.0997. The molecule has 0 bridgehead atoms. The van der Waals surface area contributed by atoms with E-state index >= 15 is 0 Å². The van der Waals surface area contributed by atoms with Gasteiger partial charge in [0.2, 0.25) is 0 Å². The Morgan fingerprint density at radius 3 is 2.68 bits per heavy atom. The van der Waals surface area contributed by atoms with Gasteiger partial charge in [-0.05, 0) is 42.3 Å². The topological polar surface area (TPSA) is 125 Å². The molecule has 0 saturated carbocycles. The van der Waals surface area contributed by atoms with Crippen molar-refractivity contribution in [3.05, 3.63) is 53.7 Å². The van der Waals surface area contributed by atoms with Crippen LogP contribution in [0.15, 0.2) is 47.5 Å². The van der Waals surface area contributed by atoms with Crippen LogP contribution < -0.4 is 10.5 Å². The van der Waals surface area contributed by atoms with E-state index in [1.165, 1.54) is 6.07 Å². The zero-order chi connectivity index (χ0) is 18.2. The van der Waals surface area contributed by atoms with Gasteiger partial charge in [-0.25, -0.2) is 8.42 Å². The van der Waals surface area contributed by atoms with Gasteiger partial charge in [-0.1, -0.05) is 13.0 Å². The first-order valence-corrected chi connectivity index (χ1v) is 9.06. The van der Waals surface area contributed by atoms with Crippen LogP contribution in [0.2, 0.25) is 0 Å². The number of primary amides is 1. The first-order chi connectivity index (χ1) is 11.8. The summed E-state index contributed by atoms with van der Waals surface area (Å²) < 4.78 is 27.5. The summed E-state index contributed by atoms with van der Waals surface area (Å²) in [5.74, 6) is -1.28. The van der Waals surface area contributed by atoms with E-state index < -0.39 is 15.9 Å². The van der Waals surface area contributed by atoms with Crippen LogP contribution in [0.5, 0.6) is 5.75 Å². The van der Waals surface area contributed by atoms with Crippen molar-refractivity contribution in [1.82, 2.24) is 4.98 Å². The van der Waals surface area contributed by atoms with E-state index in [-0.39, 0.29) is 16.2 Å². The van der Waals surface area contributed by atoms with Gasteiger partial charge in [0.05, 0.1) is 16.1 Å². The molecule has 0 fully saturated rings. The number of nitrogens with one attached hydrogen (secondary N) is 2. The molecule has 3 rings (SSSR count). The van der Waals surface area contributed by atoms with Gasteiger partial charge in [-0.15, -0.1) is 0 Å². The molecule has 2 aromatic carbocycles. The van der Waals surface area contributed by atoms with Gasteiger partial charge in [-0.2, -0.15) is 0 Å². The number of aromatic hydroxyl groups is 1. The second-order valence-corrected chi connectivity index (χ2v) is 7.26. The molecular formula is C17H17N3O4S. The summed E-state index contributed by atoms with van der Waals surface area (Å²) in [7, 11) is -3.94. The Kier molecular flexibility index (Phi) is 4.13. The van der Waals surface area contributed by atoms with Gasteiger partial charge in [0, 0.05) is 17.1 Å². The van der Waals surface area contributed by atoms with E-state index in [2.05, 4.69) is 9.71 Å². The maximum atomic E-state index is 12.5. The average Bonchev–Trinajstić information content (AvgIpc) is 2.96. The lowest BCUT2D eigenvalue weighted by Crippen LogP contribution is -2.16. The summed E-state index contributed by atoms with van der Waals surface area (Å²) in [6, 6.07) is 8.57. The number of fused-ring (bicyclic) bond motifs is 1. The van der Waals surface area contributed by atoms with Crippen LogP contribution >= 0.6 is 0 Å². The zero-order valence-corrected chi connectivity index (χ0v) is 14.2. The number of carbonyl (C=O) groups is 1. The molecule has 0 atom stereocenters. The molecule has 0 aliphatic rings. The van der Waals surface area contributed by atoms with Crippen LogP contribution in [0.4, 0.5) is 5.69 Å². The molecule has 0 saturated heterocycles. The fourth-order valence-electron chi connectivity index (χ4n) is 2.64. The molecule has 130 valence electrons. The minimum atomic E-state index is -3.94. The Labute approximate surface area is 144 Å². The standard InChI is InChI=1S/C17H17N3O4S/c1-2-10-9-19-15-7-11(3-5-13(10)15)20-25(23,24)12-4-6-16(21)14(8-12)17(18)22/h3-9,19-21H,2H2,1H3,(H2,18,22). The number of carbonyl (C=O) groups excluding carboxylic acids is 1. The highest BCUT2D eigenvalue weighted by molar-refractivity contribution is 7.92. The summed E-state index contributed by atoms with van der Waals surface area (Å²) in [6.45, 7) is 2.04. The Morgan fingerprint density at radius 2 is 2.00 bits per heavy atom. The fraction of sp³-hybridized carbons (Fsp3) is 0.118. The fourth-order valence-corrected chi connectivity index (χ4v) is 3.71. The molecule has 3 aromatic rings. The molecule has 25 heavy (non-hydrogen) atoms. The minimum Gasteiger partial charge on any atom is -0.507 e. The van der Waals surface area contributed by atoms with Crippen LogP contribution in [0.3, 0.4) is 0 Å². The number of aromatic amines is 1. The van der Waals surface area contributed by atoms with Gasteiger partial charge in [-0.3, -0.25) is 9.52 Å². The summed E-state index contributed by atoms with van der Waals surface area (Å²) in [5.41, 5.74) is 7.23. The predicted molar refractivity (Wildman–Crippen MR) is 95.1 cm³/mol. The number of aryl methyl sites for hydroxylation is 1. The molecule has 7 nitrogen and oxygen atoms in total. The van der Waals surface area contributed by atoms with Crippen molar-refractivity contribution >= 4 is 32.5 Å². The molecule has 1 amide bonds. The molecule has 1 aromatic heterocycles. The van der Waals surface area contributed by atoms with Crippen LogP contribution in [-0.2, 0) is 16.4 Å². The number of hydrogen-bond acceptors (Lipinski definition) is 4. The first kappa shape index (κ1) is 16.8. The Hall–Kier alpha value is -3.00. The van der Waals surface area contributed by atoms with E-state index in [9.17, 15) is 18.3 Å². The highest BCUT2D eigenvalue weighted by Gasteiger charge is 2.18. The van der Waals surface area contributed by atoms with Crippen LogP contribution in [0.25, 0.3) is 10.9 Å². The third-order valence-corrected chi connectivity index (χ3v) is 5.32. The van der Waals surface area contributed by atoms with Crippen molar-refractivity contribution in [1.29, 1.82) is 0 Å². The van der Waals surface area contributed by atoms with E-state index in [0.717, 1.165) is 35.0 Å². The SMILES string of the molecule is CCc1c[nH]c2cc(NS(=O)(=O)c3ccc(O)c(C(N)=O)c3)ccc12. The molecular weight excluding hydrogens is 342 g/mol. The molecule has 1 heterocycles. The van der Waals surface area contributed by atoms with E-state index in [1.54, 1.807) is 12.1 Å². The second-order valence-electron chi connectivity index (χ2n) is 5.58. The highest BCUT2D eigenvalue weighted by Crippen LogP contribution is 2.26. The number of anilines is 1. The second kappa shape index (κ2) is 6.14. The number of aromatic nitrogens is 1. The number of hydrogen-bond donors (Lipinski definition) is 4. The smallest absolute Gasteiger partial charge is 0.261 e. The van der Waals surface area contributed by atoms with Gasteiger partial charge >= 0.3 is 0 Å². The maximum absolute atomic E-state index is 12.5. The zero-order valence-electron chi connectivity index (χ0n) is 13.4. The predicted octanol–water partition coefficient (Wildman–Crippen LogP) is 2.34. The number of sulfonamides is 1. The lowest BCUT2D eigenvalue weighted by atomic mass is 10.1. The normalized spacial score (nSPS) is 11.6. The van der Waals surface area contributed by atoms with Crippen LogP contribution in [-0.4, -0.2) is 24.4 Å². The number of benzene rings is 2. The van der Waals surface area contributed by atoms with Crippen molar-refractivity contribution in [3.8, 4) is 5.75 Å². The minimum absolute atomic E-state index is 0.167. The van der Waals surface area contributed by atoms with Crippen molar-refractivity contribution in [3.63, 3.8) is 0 Å². The average molecular weight is 359 g/mol. The van der Waals surface area contributed by atoms with Crippen molar-refractivity contribution in [2.45, 2.75) is 18.2 Å². The Balaban J connectivity index is 1.96. The summed E-state index contributed by atoms with van der Waals surface area (Å²) in [4.78, 5) is 14.2. The number of amides is 1. The largest absolute Gasteiger partial charge is 0.507 e. The summed E-state index contributed by atoms with van der Waals surface area (Å²) >= 11 is 0. The number of phenols is 1.